The van der Waals surface area contributed by atoms with Crippen molar-refractivity contribution in [2.75, 3.05) is 6.54 Å². The van der Waals surface area contributed by atoms with Crippen molar-refractivity contribution in [3.05, 3.63) is 0 Å². The van der Waals surface area contributed by atoms with Crippen molar-refractivity contribution in [2.45, 2.75) is 39.7 Å². The van der Waals surface area contributed by atoms with E-state index in [1.54, 1.807) is 6.92 Å². The molecule has 1 unspecified atom stereocenters. The van der Waals surface area contributed by atoms with E-state index >= 15 is 0 Å². The summed E-state index contributed by atoms with van der Waals surface area (Å²) in [5.41, 5.74) is -1.16. The normalized spacial score (nSPS) is 16.2. The number of aliphatic carboxylic acids is 1. The molecule has 4 nitrogen and oxygen atoms in total. The van der Waals surface area contributed by atoms with Crippen LogP contribution in [-0.2, 0) is 4.79 Å². The summed E-state index contributed by atoms with van der Waals surface area (Å²) in [6.07, 6.45) is 0.381. The molecule has 1 atom stereocenters. The molecule has 0 aliphatic carbocycles. The molecule has 0 radical (unpaired) electrons. The standard InChI is InChI=1S/C9H19NO3/c1-5-9(4,8(11)12)10(13)6-7(2)3/h7,13H,5-6H2,1-4H3,(H,11,12). The Labute approximate surface area is 79.1 Å². The van der Waals surface area contributed by atoms with Crippen LogP contribution in [0.3, 0.4) is 0 Å². The molecular weight excluding hydrogens is 170 g/mol. The van der Waals surface area contributed by atoms with Crippen LogP contribution < -0.4 is 0 Å². The lowest BCUT2D eigenvalue weighted by atomic mass is 9.98. The Kier molecular flexibility index (Phi) is 4.36. The lowest BCUT2D eigenvalue weighted by Gasteiger charge is -2.32. The van der Waals surface area contributed by atoms with E-state index < -0.39 is 11.5 Å². The van der Waals surface area contributed by atoms with Crippen LogP contribution >= 0.6 is 0 Å². The molecule has 0 bridgehead atoms. The maximum atomic E-state index is 10.9. The van der Waals surface area contributed by atoms with Gasteiger partial charge in [-0.15, -0.1) is 0 Å². The van der Waals surface area contributed by atoms with Crippen LogP contribution in [0.25, 0.3) is 0 Å². The van der Waals surface area contributed by atoms with Gasteiger partial charge in [0.15, 0.2) is 0 Å². The van der Waals surface area contributed by atoms with Gasteiger partial charge in [-0.3, -0.25) is 4.79 Å². The van der Waals surface area contributed by atoms with E-state index in [2.05, 4.69) is 0 Å². The van der Waals surface area contributed by atoms with Crippen LogP contribution in [0.15, 0.2) is 0 Å². The summed E-state index contributed by atoms with van der Waals surface area (Å²) in [4.78, 5) is 10.9. The van der Waals surface area contributed by atoms with Gasteiger partial charge in [-0.25, -0.2) is 0 Å². The minimum atomic E-state index is -1.16. The molecule has 0 aromatic heterocycles. The first-order chi connectivity index (χ1) is 5.84. The van der Waals surface area contributed by atoms with E-state index in [0.717, 1.165) is 5.06 Å². The highest BCUT2D eigenvalue weighted by Crippen LogP contribution is 2.18. The minimum absolute atomic E-state index is 0.246. The summed E-state index contributed by atoms with van der Waals surface area (Å²) >= 11 is 0. The van der Waals surface area contributed by atoms with Crippen LogP contribution in [-0.4, -0.2) is 33.4 Å². The SMILES string of the molecule is CCC(C)(C(=O)O)N(O)CC(C)C. The molecule has 4 heteroatoms. The Hall–Kier alpha value is -0.610. The predicted octanol–water partition coefficient (Wildman–Crippen LogP) is 1.59. The molecule has 0 saturated heterocycles. The van der Waals surface area contributed by atoms with E-state index in [4.69, 9.17) is 5.11 Å². The third kappa shape index (κ3) is 2.97. The fourth-order valence-electron chi connectivity index (χ4n) is 0.991. The van der Waals surface area contributed by atoms with Crippen molar-refractivity contribution in [3.8, 4) is 0 Å². The summed E-state index contributed by atoms with van der Waals surface area (Å²) in [7, 11) is 0. The fraction of sp³-hybridized carbons (Fsp3) is 0.889. The van der Waals surface area contributed by atoms with E-state index in [-0.39, 0.29) is 5.92 Å². The number of carboxylic acid groups (broad SMARTS) is 1. The third-order valence-corrected chi connectivity index (χ3v) is 2.26. The number of hydroxylamine groups is 2. The number of hydrogen-bond donors (Lipinski definition) is 2. The zero-order chi connectivity index (χ0) is 10.6. The van der Waals surface area contributed by atoms with Gasteiger partial charge in [0, 0.05) is 6.54 Å². The lowest BCUT2D eigenvalue weighted by molar-refractivity contribution is -0.197. The van der Waals surface area contributed by atoms with Crippen LogP contribution in [0.1, 0.15) is 34.1 Å². The molecule has 0 amide bonds. The highest BCUT2D eigenvalue weighted by atomic mass is 16.5. The third-order valence-electron chi connectivity index (χ3n) is 2.26. The van der Waals surface area contributed by atoms with Crippen LogP contribution in [0.2, 0.25) is 0 Å². The van der Waals surface area contributed by atoms with E-state index in [1.807, 2.05) is 13.8 Å². The van der Waals surface area contributed by atoms with E-state index in [0.29, 0.717) is 13.0 Å². The maximum Gasteiger partial charge on any atom is 0.326 e. The Morgan fingerprint density at radius 3 is 2.23 bits per heavy atom. The smallest absolute Gasteiger partial charge is 0.326 e. The first-order valence-electron chi connectivity index (χ1n) is 4.54. The largest absolute Gasteiger partial charge is 0.480 e. The summed E-state index contributed by atoms with van der Waals surface area (Å²) in [6, 6.07) is 0. The van der Waals surface area contributed by atoms with Gasteiger partial charge >= 0.3 is 5.97 Å². The molecule has 0 heterocycles. The van der Waals surface area contributed by atoms with Crippen molar-refractivity contribution in [3.63, 3.8) is 0 Å². The van der Waals surface area contributed by atoms with Crippen molar-refractivity contribution >= 4 is 5.97 Å². The van der Waals surface area contributed by atoms with Gasteiger partial charge in [-0.1, -0.05) is 20.8 Å². The van der Waals surface area contributed by atoms with Gasteiger partial charge in [0.25, 0.3) is 0 Å². The molecule has 0 rings (SSSR count). The number of carbonyl (C=O) groups is 1. The van der Waals surface area contributed by atoms with Gasteiger partial charge in [0.2, 0.25) is 0 Å². The topological polar surface area (TPSA) is 60.8 Å². The van der Waals surface area contributed by atoms with Crippen molar-refractivity contribution in [1.29, 1.82) is 0 Å². The molecule has 78 valence electrons. The minimum Gasteiger partial charge on any atom is -0.480 e. The Balaban J connectivity index is 4.47. The average Bonchev–Trinajstić information content (AvgIpc) is 2.01. The molecule has 0 aliphatic rings. The van der Waals surface area contributed by atoms with E-state index in [9.17, 15) is 10.0 Å². The Morgan fingerprint density at radius 1 is 1.54 bits per heavy atom. The fourth-order valence-corrected chi connectivity index (χ4v) is 0.991. The molecule has 0 fully saturated rings. The second-order valence-electron chi connectivity index (χ2n) is 3.91. The molecule has 0 saturated carbocycles. The zero-order valence-electron chi connectivity index (χ0n) is 8.74. The number of rotatable bonds is 5. The van der Waals surface area contributed by atoms with Crippen molar-refractivity contribution in [2.24, 2.45) is 5.92 Å². The average molecular weight is 189 g/mol. The van der Waals surface area contributed by atoms with Crippen LogP contribution in [0.5, 0.6) is 0 Å². The number of carboxylic acids is 1. The quantitative estimate of drug-likeness (QED) is 0.645. The molecule has 0 aliphatic heterocycles. The van der Waals surface area contributed by atoms with Gasteiger partial charge < -0.3 is 10.3 Å². The van der Waals surface area contributed by atoms with Crippen LogP contribution in [0, 0.1) is 5.92 Å². The number of hydrogen-bond acceptors (Lipinski definition) is 3. The monoisotopic (exact) mass is 189 g/mol. The predicted molar refractivity (Wildman–Crippen MR) is 49.7 cm³/mol. The first kappa shape index (κ1) is 12.4. The summed E-state index contributed by atoms with van der Waals surface area (Å²) in [5.74, 6) is -0.742. The molecule has 2 N–H and O–H groups in total. The Bertz CT molecular complexity index is 182. The maximum absolute atomic E-state index is 10.9. The van der Waals surface area contributed by atoms with Gasteiger partial charge in [-0.2, -0.15) is 5.06 Å². The number of nitrogens with zero attached hydrogens (tertiary/aromatic N) is 1. The molecule has 0 aromatic carbocycles. The summed E-state index contributed by atoms with van der Waals surface area (Å²) in [5, 5.41) is 19.4. The molecular formula is C9H19NO3. The second-order valence-corrected chi connectivity index (χ2v) is 3.91. The van der Waals surface area contributed by atoms with Gasteiger partial charge in [-0.05, 0) is 19.3 Å². The lowest BCUT2D eigenvalue weighted by Crippen LogP contribution is -2.51. The zero-order valence-corrected chi connectivity index (χ0v) is 8.74. The van der Waals surface area contributed by atoms with Gasteiger partial charge in [0.1, 0.15) is 5.54 Å². The molecule has 0 spiro atoms. The van der Waals surface area contributed by atoms with Gasteiger partial charge in [0.05, 0.1) is 0 Å². The molecule has 0 aromatic rings. The molecule has 13 heavy (non-hydrogen) atoms. The second kappa shape index (κ2) is 4.58. The van der Waals surface area contributed by atoms with Crippen LogP contribution in [0.4, 0.5) is 0 Å². The van der Waals surface area contributed by atoms with Crippen molar-refractivity contribution in [1.82, 2.24) is 5.06 Å². The van der Waals surface area contributed by atoms with Crippen molar-refractivity contribution < 1.29 is 15.1 Å². The Morgan fingerprint density at radius 2 is 2.00 bits per heavy atom. The highest BCUT2D eigenvalue weighted by molar-refractivity contribution is 5.77. The van der Waals surface area contributed by atoms with E-state index in [1.165, 1.54) is 6.92 Å². The summed E-state index contributed by atoms with van der Waals surface area (Å²) in [6.45, 7) is 7.51. The summed E-state index contributed by atoms with van der Waals surface area (Å²) < 4.78 is 0. The first-order valence-corrected chi connectivity index (χ1v) is 4.54. The highest BCUT2D eigenvalue weighted by Gasteiger charge is 2.37.